The van der Waals surface area contributed by atoms with Gasteiger partial charge in [-0.05, 0) is 18.9 Å². The third kappa shape index (κ3) is 1.61. The molecule has 1 aromatic carbocycles. The van der Waals surface area contributed by atoms with Crippen LogP contribution in [0, 0.1) is 0 Å². The first-order chi connectivity index (χ1) is 7.55. The van der Waals surface area contributed by atoms with E-state index in [9.17, 15) is 9.90 Å². The number of benzene rings is 1. The summed E-state index contributed by atoms with van der Waals surface area (Å²) in [5.41, 5.74) is -0.00123. The highest BCUT2D eigenvalue weighted by Gasteiger charge is 2.45. The molecule has 1 N–H and O–H groups in total. The third-order valence-electron chi connectivity index (χ3n) is 3.57. The molecule has 1 aromatic rings. The SMILES string of the molecule is CC(=O)N1CC[C@](O)(c2ccccc2)[C@@H]1C. The zero-order chi connectivity index (χ0) is 11.8. The zero-order valence-electron chi connectivity index (χ0n) is 9.68. The van der Waals surface area contributed by atoms with Gasteiger partial charge in [0.25, 0.3) is 0 Å². The fourth-order valence-electron chi connectivity index (χ4n) is 2.49. The van der Waals surface area contributed by atoms with E-state index in [1.165, 1.54) is 0 Å². The summed E-state index contributed by atoms with van der Waals surface area (Å²) in [7, 11) is 0. The minimum absolute atomic E-state index is 0.0272. The maximum atomic E-state index is 11.4. The van der Waals surface area contributed by atoms with Crippen molar-refractivity contribution in [2.45, 2.75) is 31.9 Å². The molecule has 1 saturated heterocycles. The van der Waals surface area contributed by atoms with Crippen LogP contribution in [0.2, 0.25) is 0 Å². The van der Waals surface area contributed by atoms with E-state index in [2.05, 4.69) is 0 Å². The summed E-state index contributed by atoms with van der Waals surface area (Å²) in [6, 6.07) is 9.43. The molecular formula is C13H17NO2. The summed E-state index contributed by atoms with van der Waals surface area (Å²) in [5, 5.41) is 10.7. The Kier molecular flexibility index (Phi) is 2.72. The van der Waals surface area contributed by atoms with Gasteiger partial charge in [0.05, 0.1) is 6.04 Å². The Morgan fingerprint density at radius 3 is 2.56 bits per heavy atom. The van der Waals surface area contributed by atoms with Gasteiger partial charge in [0.15, 0.2) is 0 Å². The lowest BCUT2D eigenvalue weighted by Crippen LogP contribution is -2.42. The average Bonchev–Trinajstić information content (AvgIpc) is 2.58. The van der Waals surface area contributed by atoms with Crippen molar-refractivity contribution in [3.05, 3.63) is 35.9 Å². The molecule has 0 aromatic heterocycles. The van der Waals surface area contributed by atoms with Gasteiger partial charge < -0.3 is 10.0 Å². The molecule has 1 heterocycles. The van der Waals surface area contributed by atoms with Crippen LogP contribution < -0.4 is 0 Å². The van der Waals surface area contributed by atoms with Crippen molar-refractivity contribution in [1.29, 1.82) is 0 Å². The lowest BCUT2D eigenvalue weighted by Gasteiger charge is -2.31. The first kappa shape index (κ1) is 11.1. The van der Waals surface area contributed by atoms with Crippen LogP contribution in [0.15, 0.2) is 30.3 Å². The number of amides is 1. The fraction of sp³-hybridized carbons (Fsp3) is 0.462. The summed E-state index contributed by atoms with van der Waals surface area (Å²) in [4.78, 5) is 13.1. The number of hydrogen-bond acceptors (Lipinski definition) is 2. The van der Waals surface area contributed by atoms with E-state index in [0.29, 0.717) is 13.0 Å². The van der Waals surface area contributed by atoms with Crippen molar-refractivity contribution in [3.63, 3.8) is 0 Å². The Morgan fingerprint density at radius 1 is 1.44 bits per heavy atom. The van der Waals surface area contributed by atoms with E-state index in [-0.39, 0.29) is 11.9 Å². The van der Waals surface area contributed by atoms with Crippen LogP contribution in [0.1, 0.15) is 25.8 Å². The van der Waals surface area contributed by atoms with E-state index >= 15 is 0 Å². The van der Waals surface area contributed by atoms with Crippen molar-refractivity contribution in [3.8, 4) is 0 Å². The third-order valence-corrected chi connectivity index (χ3v) is 3.57. The van der Waals surface area contributed by atoms with Gasteiger partial charge in [-0.1, -0.05) is 30.3 Å². The summed E-state index contributed by atoms with van der Waals surface area (Å²) in [6.45, 7) is 4.08. The monoisotopic (exact) mass is 219 g/mol. The van der Waals surface area contributed by atoms with Crippen molar-refractivity contribution in [2.24, 2.45) is 0 Å². The van der Waals surface area contributed by atoms with E-state index in [0.717, 1.165) is 5.56 Å². The number of nitrogens with zero attached hydrogens (tertiary/aromatic N) is 1. The molecular weight excluding hydrogens is 202 g/mol. The highest BCUT2D eigenvalue weighted by Crippen LogP contribution is 2.37. The van der Waals surface area contributed by atoms with Crippen molar-refractivity contribution >= 4 is 5.91 Å². The van der Waals surface area contributed by atoms with Gasteiger partial charge in [-0.2, -0.15) is 0 Å². The van der Waals surface area contributed by atoms with E-state index in [1.54, 1.807) is 11.8 Å². The second-order valence-corrected chi connectivity index (χ2v) is 4.43. The second kappa shape index (κ2) is 3.91. The standard InChI is InChI=1S/C13H17NO2/c1-10-13(16,8-9-14(10)11(2)15)12-6-4-3-5-7-12/h3-7,10,16H,8-9H2,1-2H3/t10-,13+/m0/s1. The van der Waals surface area contributed by atoms with E-state index in [1.807, 2.05) is 37.3 Å². The van der Waals surface area contributed by atoms with Crippen molar-refractivity contribution in [2.75, 3.05) is 6.54 Å². The van der Waals surface area contributed by atoms with Gasteiger partial charge in [0.1, 0.15) is 5.60 Å². The molecule has 0 bridgehead atoms. The maximum absolute atomic E-state index is 11.4. The highest BCUT2D eigenvalue weighted by atomic mass is 16.3. The molecule has 2 rings (SSSR count). The lowest BCUT2D eigenvalue weighted by atomic mass is 9.87. The summed E-state index contributed by atoms with van der Waals surface area (Å²) >= 11 is 0. The van der Waals surface area contributed by atoms with Crippen LogP contribution in [-0.2, 0) is 10.4 Å². The molecule has 3 heteroatoms. The topological polar surface area (TPSA) is 40.5 Å². The molecule has 2 atom stereocenters. The van der Waals surface area contributed by atoms with Crippen LogP contribution in [0.4, 0.5) is 0 Å². The first-order valence-corrected chi connectivity index (χ1v) is 5.61. The lowest BCUT2D eigenvalue weighted by molar-refractivity contribution is -0.131. The molecule has 1 aliphatic heterocycles. The van der Waals surface area contributed by atoms with Crippen LogP contribution in [0.5, 0.6) is 0 Å². The predicted molar refractivity (Wildman–Crippen MR) is 61.8 cm³/mol. The molecule has 0 spiro atoms. The summed E-state index contributed by atoms with van der Waals surface area (Å²) in [6.07, 6.45) is 0.609. The Morgan fingerprint density at radius 2 is 2.06 bits per heavy atom. The minimum atomic E-state index is -0.896. The summed E-state index contributed by atoms with van der Waals surface area (Å²) in [5.74, 6) is 0.0272. The van der Waals surface area contributed by atoms with Crippen LogP contribution in [0.3, 0.4) is 0 Å². The van der Waals surface area contributed by atoms with Gasteiger partial charge in [-0.15, -0.1) is 0 Å². The van der Waals surface area contributed by atoms with Crippen LogP contribution >= 0.6 is 0 Å². The largest absolute Gasteiger partial charge is 0.383 e. The predicted octanol–water partition coefficient (Wildman–Crippen LogP) is 1.51. The van der Waals surface area contributed by atoms with Gasteiger partial charge in [-0.3, -0.25) is 4.79 Å². The molecule has 0 saturated carbocycles. The zero-order valence-corrected chi connectivity index (χ0v) is 9.68. The molecule has 1 aliphatic rings. The van der Waals surface area contributed by atoms with Crippen LogP contribution in [0.25, 0.3) is 0 Å². The van der Waals surface area contributed by atoms with Crippen molar-refractivity contribution in [1.82, 2.24) is 4.90 Å². The Labute approximate surface area is 95.7 Å². The van der Waals surface area contributed by atoms with E-state index < -0.39 is 5.60 Å². The Hall–Kier alpha value is -1.35. The van der Waals surface area contributed by atoms with Crippen LogP contribution in [-0.4, -0.2) is 28.5 Å². The quantitative estimate of drug-likeness (QED) is 0.778. The number of carbonyl (C=O) groups is 1. The van der Waals surface area contributed by atoms with E-state index in [4.69, 9.17) is 0 Å². The fourth-order valence-corrected chi connectivity index (χ4v) is 2.49. The molecule has 0 aliphatic carbocycles. The molecule has 1 amide bonds. The number of hydrogen-bond donors (Lipinski definition) is 1. The average molecular weight is 219 g/mol. The number of rotatable bonds is 1. The Balaban J connectivity index is 2.31. The molecule has 0 radical (unpaired) electrons. The number of carbonyl (C=O) groups excluding carboxylic acids is 1. The first-order valence-electron chi connectivity index (χ1n) is 5.61. The summed E-state index contributed by atoms with van der Waals surface area (Å²) < 4.78 is 0. The molecule has 0 unspecified atom stereocenters. The van der Waals surface area contributed by atoms with Gasteiger partial charge in [0.2, 0.25) is 5.91 Å². The molecule has 3 nitrogen and oxygen atoms in total. The molecule has 16 heavy (non-hydrogen) atoms. The van der Waals surface area contributed by atoms with Gasteiger partial charge in [-0.25, -0.2) is 0 Å². The van der Waals surface area contributed by atoms with Crippen molar-refractivity contribution < 1.29 is 9.90 Å². The normalized spacial score (nSPS) is 29.4. The minimum Gasteiger partial charge on any atom is -0.383 e. The molecule has 86 valence electrons. The highest BCUT2D eigenvalue weighted by molar-refractivity contribution is 5.74. The van der Waals surface area contributed by atoms with Gasteiger partial charge >= 0.3 is 0 Å². The Bertz CT molecular complexity index is 390. The maximum Gasteiger partial charge on any atom is 0.219 e. The molecule has 1 fully saturated rings. The van der Waals surface area contributed by atoms with Gasteiger partial charge in [0, 0.05) is 13.5 Å². The smallest absolute Gasteiger partial charge is 0.219 e. The number of likely N-dealkylation sites (tertiary alicyclic amines) is 1. The second-order valence-electron chi connectivity index (χ2n) is 4.43. The number of aliphatic hydroxyl groups is 1.